The van der Waals surface area contributed by atoms with Crippen LogP contribution in [0, 0.1) is 0 Å². The van der Waals surface area contributed by atoms with Gasteiger partial charge in [-0.15, -0.1) is 0 Å². The molecule has 0 bridgehead atoms. The fraction of sp³-hybridized carbons (Fsp3) is 0.727. The number of hydrogen-bond acceptors (Lipinski definition) is 4. The molecule has 1 aromatic heterocycles. The van der Waals surface area contributed by atoms with Gasteiger partial charge in [-0.2, -0.15) is 5.10 Å². The van der Waals surface area contributed by atoms with Crippen LogP contribution in [-0.4, -0.2) is 29.5 Å². The van der Waals surface area contributed by atoms with E-state index in [1.165, 1.54) is 5.69 Å². The van der Waals surface area contributed by atoms with E-state index in [1.807, 2.05) is 11.7 Å². The first-order valence-corrected chi connectivity index (χ1v) is 6.58. The van der Waals surface area contributed by atoms with E-state index in [0.717, 1.165) is 29.4 Å². The van der Waals surface area contributed by atoms with Crippen LogP contribution in [0.15, 0.2) is 4.47 Å². The first-order valence-electron chi connectivity index (χ1n) is 5.79. The number of nitrogens with two attached hydrogens (primary N) is 1. The van der Waals surface area contributed by atoms with Crippen molar-refractivity contribution in [2.24, 2.45) is 12.9 Å². The summed E-state index contributed by atoms with van der Waals surface area (Å²) < 4.78 is 8.08. The van der Waals surface area contributed by atoms with Crippen LogP contribution in [0.4, 0.5) is 0 Å². The number of rotatable bonds is 7. The zero-order valence-corrected chi connectivity index (χ0v) is 12.2. The highest BCUT2D eigenvalue weighted by Gasteiger charge is 2.16. The molecule has 17 heavy (non-hydrogen) atoms. The first kappa shape index (κ1) is 14.6. The molecular weight excluding hydrogens is 284 g/mol. The topological polar surface area (TPSA) is 65.1 Å². The van der Waals surface area contributed by atoms with Gasteiger partial charge in [0.25, 0.3) is 0 Å². The molecule has 3 N–H and O–H groups in total. The van der Waals surface area contributed by atoms with E-state index in [9.17, 15) is 0 Å². The van der Waals surface area contributed by atoms with E-state index in [0.29, 0.717) is 6.61 Å². The van der Waals surface area contributed by atoms with Gasteiger partial charge in [0, 0.05) is 33.2 Å². The van der Waals surface area contributed by atoms with Gasteiger partial charge in [-0.1, -0.05) is 6.92 Å². The van der Waals surface area contributed by atoms with Crippen LogP contribution in [0.3, 0.4) is 0 Å². The van der Waals surface area contributed by atoms with Crippen LogP contribution in [0.1, 0.15) is 24.7 Å². The number of aryl methyl sites for hydroxylation is 2. The van der Waals surface area contributed by atoms with Crippen molar-refractivity contribution in [3.8, 4) is 0 Å². The third-order valence-electron chi connectivity index (χ3n) is 2.85. The Morgan fingerprint density at radius 2 is 2.29 bits per heavy atom. The molecule has 98 valence electrons. The van der Waals surface area contributed by atoms with E-state index in [2.05, 4.69) is 33.4 Å². The largest absolute Gasteiger partial charge is 0.385 e. The van der Waals surface area contributed by atoms with E-state index in [-0.39, 0.29) is 6.04 Å². The summed E-state index contributed by atoms with van der Waals surface area (Å²) in [5, 5.41) is 4.47. The summed E-state index contributed by atoms with van der Waals surface area (Å²) in [7, 11) is 3.66. The maximum absolute atomic E-state index is 5.55. The highest BCUT2D eigenvalue weighted by Crippen LogP contribution is 2.23. The zero-order valence-electron chi connectivity index (χ0n) is 10.7. The Balaban J connectivity index is 2.75. The Morgan fingerprint density at radius 1 is 1.59 bits per heavy atom. The lowest BCUT2D eigenvalue weighted by Gasteiger charge is -2.15. The van der Waals surface area contributed by atoms with Crippen LogP contribution in [0.5, 0.6) is 0 Å². The highest BCUT2D eigenvalue weighted by atomic mass is 79.9. The molecule has 0 aliphatic heterocycles. The number of aromatic nitrogens is 2. The third-order valence-corrected chi connectivity index (χ3v) is 3.76. The summed E-state index contributed by atoms with van der Waals surface area (Å²) >= 11 is 3.60. The lowest BCUT2D eigenvalue weighted by molar-refractivity contribution is 0.182. The van der Waals surface area contributed by atoms with E-state index in [4.69, 9.17) is 10.6 Å². The maximum Gasteiger partial charge on any atom is 0.0766 e. The highest BCUT2D eigenvalue weighted by molar-refractivity contribution is 9.10. The van der Waals surface area contributed by atoms with Crippen molar-refractivity contribution < 1.29 is 4.74 Å². The van der Waals surface area contributed by atoms with Crippen LogP contribution in [-0.2, 0) is 24.6 Å². The lowest BCUT2D eigenvalue weighted by atomic mass is 10.1. The first-order chi connectivity index (χ1) is 8.13. The second-order valence-electron chi connectivity index (χ2n) is 4.03. The Morgan fingerprint density at radius 3 is 2.76 bits per heavy atom. The summed E-state index contributed by atoms with van der Waals surface area (Å²) in [4.78, 5) is 0. The van der Waals surface area contributed by atoms with Gasteiger partial charge in [-0.05, 0) is 28.8 Å². The SMILES string of the molecule is CCc1nn(C)c(CC(CCOC)NN)c1Br. The number of methoxy groups -OCH3 is 1. The molecule has 0 saturated heterocycles. The quantitative estimate of drug-likeness (QED) is 0.586. The maximum atomic E-state index is 5.55. The Hall–Kier alpha value is -0.430. The van der Waals surface area contributed by atoms with E-state index < -0.39 is 0 Å². The van der Waals surface area contributed by atoms with E-state index in [1.54, 1.807) is 7.11 Å². The molecule has 0 aliphatic rings. The van der Waals surface area contributed by atoms with Crippen LogP contribution in [0.25, 0.3) is 0 Å². The number of nitrogens with zero attached hydrogens (tertiary/aromatic N) is 2. The predicted octanol–water partition coefficient (Wildman–Crippen LogP) is 1.16. The van der Waals surface area contributed by atoms with Crippen molar-refractivity contribution in [3.05, 3.63) is 15.9 Å². The van der Waals surface area contributed by atoms with Gasteiger partial charge >= 0.3 is 0 Å². The number of ether oxygens (including phenoxy) is 1. The van der Waals surface area contributed by atoms with Crippen molar-refractivity contribution in [1.29, 1.82) is 0 Å². The van der Waals surface area contributed by atoms with Crippen LogP contribution < -0.4 is 11.3 Å². The molecule has 0 aliphatic carbocycles. The molecule has 6 heteroatoms. The summed E-state index contributed by atoms with van der Waals surface area (Å²) in [5.74, 6) is 5.55. The Labute approximate surface area is 111 Å². The molecule has 1 rings (SSSR count). The standard InChI is InChI=1S/C11H21BrN4O/c1-4-9-11(12)10(16(2)15-9)7-8(14-13)5-6-17-3/h8,14H,4-7,13H2,1-3H3. The van der Waals surface area contributed by atoms with E-state index >= 15 is 0 Å². The van der Waals surface area contributed by atoms with Gasteiger partial charge < -0.3 is 4.74 Å². The van der Waals surface area contributed by atoms with Gasteiger partial charge in [-0.3, -0.25) is 16.0 Å². The van der Waals surface area contributed by atoms with Crippen molar-refractivity contribution in [2.45, 2.75) is 32.2 Å². The molecule has 0 amide bonds. The van der Waals surface area contributed by atoms with Gasteiger partial charge in [0.15, 0.2) is 0 Å². The second-order valence-corrected chi connectivity index (χ2v) is 4.83. The molecule has 1 atom stereocenters. The van der Waals surface area contributed by atoms with Crippen molar-refractivity contribution in [2.75, 3.05) is 13.7 Å². The molecule has 1 heterocycles. The summed E-state index contributed by atoms with van der Waals surface area (Å²) in [5.41, 5.74) is 5.08. The molecule has 0 fully saturated rings. The summed E-state index contributed by atoms with van der Waals surface area (Å²) in [6.07, 6.45) is 2.64. The zero-order chi connectivity index (χ0) is 12.8. The van der Waals surface area contributed by atoms with Gasteiger partial charge in [0.1, 0.15) is 0 Å². The second kappa shape index (κ2) is 7.10. The summed E-state index contributed by atoms with van der Waals surface area (Å²) in [6, 6.07) is 0.200. The minimum absolute atomic E-state index is 0.200. The Kier molecular flexibility index (Phi) is 6.11. The summed E-state index contributed by atoms with van der Waals surface area (Å²) in [6.45, 7) is 2.80. The molecular formula is C11H21BrN4O. The molecule has 0 saturated carbocycles. The predicted molar refractivity (Wildman–Crippen MR) is 71.6 cm³/mol. The van der Waals surface area contributed by atoms with Gasteiger partial charge in [0.2, 0.25) is 0 Å². The van der Waals surface area contributed by atoms with Crippen molar-refractivity contribution in [1.82, 2.24) is 15.2 Å². The smallest absolute Gasteiger partial charge is 0.0766 e. The molecule has 0 radical (unpaired) electrons. The van der Waals surface area contributed by atoms with Crippen LogP contribution in [0.2, 0.25) is 0 Å². The van der Waals surface area contributed by atoms with Gasteiger partial charge in [-0.25, -0.2) is 0 Å². The molecule has 1 aromatic rings. The average molecular weight is 305 g/mol. The monoisotopic (exact) mass is 304 g/mol. The molecule has 0 spiro atoms. The minimum atomic E-state index is 0.200. The number of hydrogen-bond donors (Lipinski definition) is 2. The van der Waals surface area contributed by atoms with Crippen molar-refractivity contribution in [3.63, 3.8) is 0 Å². The Bertz CT molecular complexity index is 353. The number of halogens is 1. The minimum Gasteiger partial charge on any atom is -0.385 e. The molecule has 0 aromatic carbocycles. The average Bonchev–Trinajstić information content (AvgIpc) is 2.60. The fourth-order valence-corrected chi connectivity index (χ4v) is 2.56. The lowest BCUT2D eigenvalue weighted by Crippen LogP contribution is -2.38. The normalized spacial score (nSPS) is 13.0. The number of nitrogens with one attached hydrogen (secondary N) is 1. The van der Waals surface area contributed by atoms with Crippen molar-refractivity contribution >= 4 is 15.9 Å². The number of hydrazine groups is 1. The van der Waals surface area contributed by atoms with Gasteiger partial charge in [0.05, 0.1) is 15.9 Å². The molecule has 5 nitrogen and oxygen atoms in total. The third kappa shape index (κ3) is 3.77. The fourth-order valence-electron chi connectivity index (χ4n) is 1.78. The molecule has 1 unspecified atom stereocenters. The van der Waals surface area contributed by atoms with Crippen LogP contribution >= 0.6 is 15.9 Å².